The molecule has 14 heavy (non-hydrogen) atoms. The van der Waals surface area contributed by atoms with Crippen LogP contribution in [0.2, 0.25) is 0 Å². The van der Waals surface area contributed by atoms with Crippen molar-refractivity contribution in [2.45, 2.75) is 0 Å². The number of carbonyl (C=O) groups excluding carboxylic acids is 1. The zero-order chi connectivity index (χ0) is 10.7. The van der Waals surface area contributed by atoms with Gasteiger partial charge in [-0.25, -0.2) is 23.8 Å². The lowest BCUT2D eigenvalue weighted by atomic mass is 10.3. The minimum absolute atomic E-state index is 0.440. The largest absolute Gasteiger partial charge is 0.333 e. The molecule has 1 aromatic rings. The maximum absolute atomic E-state index is 12.8. The SMILES string of the molecule is NNC(=O)Nc1c(F)cc(F)cc1F. The highest BCUT2D eigenvalue weighted by Crippen LogP contribution is 2.19. The Labute approximate surface area is 76.9 Å². The summed E-state index contributed by atoms with van der Waals surface area (Å²) < 4.78 is 38.1. The fourth-order valence-corrected chi connectivity index (χ4v) is 0.811. The van der Waals surface area contributed by atoms with Crippen LogP contribution in [0.1, 0.15) is 0 Å². The van der Waals surface area contributed by atoms with E-state index in [1.165, 1.54) is 0 Å². The number of hydrogen-bond acceptors (Lipinski definition) is 2. The van der Waals surface area contributed by atoms with Crippen molar-refractivity contribution in [3.8, 4) is 0 Å². The van der Waals surface area contributed by atoms with Gasteiger partial charge in [0.15, 0.2) is 11.6 Å². The first-order valence-corrected chi connectivity index (χ1v) is 3.46. The fraction of sp³-hybridized carbons (Fsp3) is 0. The number of halogens is 3. The molecule has 0 saturated carbocycles. The maximum atomic E-state index is 12.8. The molecule has 0 aliphatic rings. The molecule has 0 unspecified atom stereocenters. The van der Waals surface area contributed by atoms with Crippen molar-refractivity contribution in [1.29, 1.82) is 0 Å². The summed E-state index contributed by atoms with van der Waals surface area (Å²) in [6.45, 7) is 0. The molecule has 0 bridgehead atoms. The number of rotatable bonds is 1. The van der Waals surface area contributed by atoms with Gasteiger partial charge in [0.05, 0.1) is 0 Å². The lowest BCUT2D eigenvalue weighted by Gasteiger charge is -2.06. The first-order valence-electron chi connectivity index (χ1n) is 3.46. The number of carbonyl (C=O) groups is 1. The summed E-state index contributed by atoms with van der Waals surface area (Å²) in [6, 6.07) is -0.126. The van der Waals surface area contributed by atoms with Gasteiger partial charge in [-0.1, -0.05) is 0 Å². The smallest absolute Gasteiger partial charge is 0.302 e. The van der Waals surface area contributed by atoms with Gasteiger partial charge in [-0.05, 0) is 0 Å². The predicted molar refractivity (Wildman–Crippen MR) is 42.7 cm³/mol. The van der Waals surface area contributed by atoms with Crippen LogP contribution in [0.25, 0.3) is 0 Å². The van der Waals surface area contributed by atoms with Crippen molar-refractivity contribution in [1.82, 2.24) is 5.43 Å². The molecule has 1 rings (SSSR count). The van der Waals surface area contributed by atoms with E-state index in [0.29, 0.717) is 12.1 Å². The molecule has 0 aliphatic carbocycles. The summed E-state index contributed by atoms with van der Waals surface area (Å²) in [5, 5.41) is 1.76. The molecular formula is C7H6F3N3O. The van der Waals surface area contributed by atoms with Gasteiger partial charge in [0.25, 0.3) is 0 Å². The Morgan fingerprint density at radius 3 is 2.14 bits per heavy atom. The Bertz CT molecular complexity index is 346. The van der Waals surface area contributed by atoms with E-state index in [4.69, 9.17) is 0 Å². The second-order valence-corrected chi connectivity index (χ2v) is 2.34. The number of hydrogen-bond donors (Lipinski definition) is 3. The topological polar surface area (TPSA) is 67.1 Å². The minimum atomic E-state index is -1.22. The van der Waals surface area contributed by atoms with Crippen LogP contribution >= 0.6 is 0 Å². The predicted octanol–water partition coefficient (Wildman–Crippen LogP) is 1.10. The second-order valence-electron chi connectivity index (χ2n) is 2.34. The maximum Gasteiger partial charge on any atom is 0.333 e. The normalized spacial score (nSPS) is 9.71. The molecule has 0 radical (unpaired) electrons. The molecule has 0 atom stereocenters. The number of anilines is 1. The molecule has 0 saturated heterocycles. The quantitative estimate of drug-likeness (QED) is 0.365. The molecule has 0 aromatic heterocycles. The van der Waals surface area contributed by atoms with Gasteiger partial charge in [-0.3, -0.25) is 5.43 Å². The fourth-order valence-electron chi connectivity index (χ4n) is 0.811. The molecule has 0 aliphatic heterocycles. The van der Waals surface area contributed by atoms with Gasteiger partial charge >= 0.3 is 6.03 Å². The molecule has 7 heteroatoms. The lowest BCUT2D eigenvalue weighted by molar-refractivity contribution is 0.252. The van der Waals surface area contributed by atoms with Crippen LogP contribution < -0.4 is 16.6 Å². The molecule has 1 aromatic carbocycles. The van der Waals surface area contributed by atoms with Gasteiger partial charge in [-0.2, -0.15) is 0 Å². The number of nitrogens with two attached hydrogens (primary N) is 1. The van der Waals surface area contributed by atoms with Gasteiger partial charge in [0.2, 0.25) is 0 Å². The van der Waals surface area contributed by atoms with E-state index in [1.54, 1.807) is 10.7 Å². The summed E-state index contributed by atoms with van der Waals surface area (Å²) in [7, 11) is 0. The highest BCUT2D eigenvalue weighted by atomic mass is 19.1. The van der Waals surface area contributed by atoms with Crippen LogP contribution in [-0.4, -0.2) is 6.03 Å². The number of benzene rings is 1. The third-order valence-corrected chi connectivity index (χ3v) is 1.38. The Balaban J connectivity index is 3.02. The van der Waals surface area contributed by atoms with Crippen molar-refractivity contribution < 1.29 is 18.0 Å². The van der Waals surface area contributed by atoms with Crippen molar-refractivity contribution >= 4 is 11.7 Å². The van der Waals surface area contributed by atoms with Gasteiger partial charge in [-0.15, -0.1) is 0 Å². The zero-order valence-corrected chi connectivity index (χ0v) is 6.77. The summed E-state index contributed by atoms with van der Waals surface area (Å²) in [6.07, 6.45) is 0. The van der Waals surface area contributed by atoms with Crippen LogP contribution in [-0.2, 0) is 0 Å². The standard InChI is InChI=1S/C7H6F3N3O/c8-3-1-4(9)6(5(10)2-3)12-7(14)13-11/h1-2H,11H2,(H2,12,13,14). The van der Waals surface area contributed by atoms with E-state index in [9.17, 15) is 18.0 Å². The second kappa shape index (κ2) is 3.97. The zero-order valence-electron chi connectivity index (χ0n) is 6.77. The average Bonchev–Trinajstić information content (AvgIpc) is 2.10. The van der Waals surface area contributed by atoms with Crippen LogP contribution in [0.5, 0.6) is 0 Å². The summed E-state index contributed by atoms with van der Waals surface area (Å²) in [5.41, 5.74) is 0.850. The Morgan fingerprint density at radius 2 is 1.71 bits per heavy atom. The van der Waals surface area contributed by atoms with Crippen LogP contribution in [0, 0.1) is 17.5 Å². The Hall–Kier alpha value is -1.76. The highest BCUT2D eigenvalue weighted by Gasteiger charge is 2.13. The average molecular weight is 205 g/mol. The lowest BCUT2D eigenvalue weighted by Crippen LogP contribution is -2.34. The summed E-state index contributed by atoms with van der Waals surface area (Å²) >= 11 is 0. The first kappa shape index (κ1) is 10.3. The van der Waals surface area contributed by atoms with Crippen LogP contribution in [0.4, 0.5) is 23.7 Å². The Morgan fingerprint density at radius 1 is 1.21 bits per heavy atom. The summed E-state index contributed by atoms with van der Waals surface area (Å²) in [4.78, 5) is 10.6. The van der Waals surface area contributed by atoms with Crippen molar-refractivity contribution in [3.63, 3.8) is 0 Å². The highest BCUT2D eigenvalue weighted by molar-refractivity contribution is 5.89. The van der Waals surface area contributed by atoms with Crippen LogP contribution in [0.3, 0.4) is 0 Å². The van der Waals surface area contributed by atoms with Crippen molar-refractivity contribution in [2.75, 3.05) is 5.32 Å². The van der Waals surface area contributed by atoms with Gasteiger partial charge in [0, 0.05) is 12.1 Å². The number of hydrazine groups is 1. The minimum Gasteiger partial charge on any atom is -0.302 e. The monoisotopic (exact) mass is 205 g/mol. The van der Waals surface area contributed by atoms with Gasteiger partial charge in [0.1, 0.15) is 11.5 Å². The first-order chi connectivity index (χ1) is 6.54. The van der Waals surface area contributed by atoms with Crippen molar-refractivity contribution in [2.24, 2.45) is 5.84 Å². The van der Waals surface area contributed by atoms with E-state index < -0.39 is 29.2 Å². The number of urea groups is 1. The third-order valence-electron chi connectivity index (χ3n) is 1.38. The Kier molecular flexibility index (Phi) is 2.92. The number of nitrogens with one attached hydrogen (secondary N) is 2. The molecule has 76 valence electrons. The third kappa shape index (κ3) is 2.13. The molecule has 0 fully saturated rings. The van der Waals surface area contributed by atoms with Gasteiger partial charge < -0.3 is 5.32 Å². The molecule has 4 nitrogen and oxygen atoms in total. The van der Waals surface area contributed by atoms with E-state index >= 15 is 0 Å². The van der Waals surface area contributed by atoms with E-state index in [2.05, 4.69) is 5.84 Å². The molecule has 0 heterocycles. The van der Waals surface area contributed by atoms with E-state index in [1.807, 2.05) is 0 Å². The molecule has 4 N–H and O–H groups in total. The molecule has 2 amide bonds. The van der Waals surface area contributed by atoms with E-state index in [0.717, 1.165) is 0 Å². The van der Waals surface area contributed by atoms with Crippen LogP contribution in [0.15, 0.2) is 12.1 Å². The molecular weight excluding hydrogens is 199 g/mol. The molecule has 0 spiro atoms. The van der Waals surface area contributed by atoms with Crippen molar-refractivity contribution in [3.05, 3.63) is 29.6 Å². The number of amides is 2. The summed E-state index contributed by atoms with van der Waals surface area (Å²) in [5.74, 6) is 1.17. The van der Waals surface area contributed by atoms with E-state index in [-0.39, 0.29) is 0 Å².